The predicted molar refractivity (Wildman–Crippen MR) is 63.5 cm³/mol. The zero-order valence-electron chi connectivity index (χ0n) is 9.74. The van der Waals surface area contributed by atoms with Gasteiger partial charge in [0, 0.05) is 17.8 Å². The first kappa shape index (κ1) is 11.3. The number of fused-ring (bicyclic) bond motifs is 1. The van der Waals surface area contributed by atoms with E-state index in [9.17, 15) is 5.11 Å². The van der Waals surface area contributed by atoms with Crippen LogP contribution in [-0.2, 0) is 12.8 Å². The van der Waals surface area contributed by atoms with E-state index in [1.54, 1.807) is 13.3 Å². The molecule has 1 atom stereocenters. The van der Waals surface area contributed by atoms with Crippen molar-refractivity contribution in [2.45, 2.75) is 45.1 Å². The van der Waals surface area contributed by atoms with Crippen molar-refractivity contribution in [1.29, 1.82) is 0 Å². The van der Waals surface area contributed by atoms with E-state index in [1.165, 1.54) is 30.5 Å². The summed E-state index contributed by atoms with van der Waals surface area (Å²) in [6, 6.07) is 0. The van der Waals surface area contributed by atoms with Crippen LogP contribution < -0.4 is 5.32 Å². The molecule has 1 heterocycles. The molecule has 16 heavy (non-hydrogen) atoms. The summed E-state index contributed by atoms with van der Waals surface area (Å²) in [4.78, 5) is 8.63. The molecule has 2 rings (SSSR count). The summed E-state index contributed by atoms with van der Waals surface area (Å²) >= 11 is 0. The van der Waals surface area contributed by atoms with Crippen molar-refractivity contribution >= 4 is 5.82 Å². The Labute approximate surface area is 96.1 Å². The summed E-state index contributed by atoms with van der Waals surface area (Å²) < 4.78 is 0. The minimum atomic E-state index is -0.351. The van der Waals surface area contributed by atoms with Gasteiger partial charge in [-0.05, 0) is 32.6 Å². The van der Waals surface area contributed by atoms with Gasteiger partial charge in [-0.1, -0.05) is 6.42 Å². The molecule has 2 N–H and O–H groups in total. The molecule has 1 unspecified atom stereocenters. The highest BCUT2D eigenvalue weighted by Gasteiger charge is 2.14. The second kappa shape index (κ2) is 5.25. The number of anilines is 1. The summed E-state index contributed by atoms with van der Waals surface area (Å²) in [5.74, 6) is 0.910. The molecule has 0 amide bonds. The van der Waals surface area contributed by atoms with E-state index in [0.717, 1.165) is 18.7 Å². The Kier molecular flexibility index (Phi) is 3.72. The molecule has 4 nitrogen and oxygen atoms in total. The summed E-state index contributed by atoms with van der Waals surface area (Å²) in [5, 5.41) is 12.5. The normalized spacial score (nSPS) is 17.4. The highest BCUT2D eigenvalue weighted by atomic mass is 16.3. The van der Waals surface area contributed by atoms with Gasteiger partial charge in [-0.25, -0.2) is 9.97 Å². The fourth-order valence-electron chi connectivity index (χ4n) is 2.09. The SMILES string of the molecule is CC(O)CNc1ncnc2c1CCCCC2. The molecule has 4 heteroatoms. The largest absolute Gasteiger partial charge is 0.392 e. The summed E-state index contributed by atoms with van der Waals surface area (Å²) in [6.45, 7) is 2.32. The van der Waals surface area contributed by atoms with Gasteiger partial charge in [0.15, 0.2) is 0 Å². The van der Waals surface area contributed by atoms with Crippen LogP contribution in [0.3, 0.4) is 0 Å². The van der Waals surface area contributed by atoms with E-state index in [1.807, 2.05) is 0 Å². The molecule has 0 spiro atoms. The van der Waals surface area contributed by atoms with E-state index in [4.69, 9.17) is 0 Å². The van der Waals surface area contributed by atoms with E-state index in [2.05, 4.69) is 15.3 Å². The lowest BCUT2D eigenvalue weighted by Gasteiger charge is -2.13. The van der Waals surface area contributed by atoms with Gasteiger partial charge in [0.1, 0.15) is 12.1 Å². The monoisotopic (exact) mass is 221 g/mol. The Bertz CT molecular complexity index is 352. The fourth-order valence-corrected chi connectivity index (χ4v) is 2.09. The van der Waals surface area contributed by atoms with Crippen LogP contribution in [-0.4, -0.2) is 27.7 Å². The molecular weight excluding hydrogens is 202 g/mol. The topological polar surface area (TPSA) is 58.0 Å². The third kappa shape index (κ3) is 2.70. The zero-order chi connectivity index (χ0) is 11.4. The van der Waals surface area contributed by atoms with Crippen LogP contribution in [0.25, 0.3) is 0 Å². The van der Waals surface area contributed by atoms with Crippen LogP contribution in [0.4, 0.5) is 5.82 Å². The molecule has 0 aliphatic heterocycles. The zero-order valence-corrected chi connectivity index (χ0v) is 9.74. The maximum atomic E-state index is 9.27. The van der Waals surface area contributed by atoms with Crippen molar-refractivity contribution in [3.63, 3.8) is 0 Å². The second-order valence-corrected chi connectivity index (χ2v) is 4.44. The molecule has 1 aliphatic rings. The van der Waals surface area contributed by atoms with Gasteiger partial charge in [-0.3, -0.25) is 0 Å². The summed E-state index contributed by atoms with van der Waals surface area (Å²) in [5.41, 5.74) is 2.43. The molecule has 1 aromatic rings. The minimum absolute atomic E-state index is 0.351. The van der Waals surface area contributed by atoms with Gasteiger partial charge in [0.2, 0.25) is 0 Å². The lowest BCUT2D eigenvalue weighted by molar-refractivity contribution is 0.208. The summed E-state index contributed by atoms with van der Waals surface area (Å²) in [6.07, 6.45) is 7.08. The Morgan fingerprint density at radius 1 is 1.31 bits per heavy atom. The maximum absolute atomic E-state index is 9.27. The molecule has 0 saturated heterocycles. The third-order valence-electron chi connectivity index (χ3n) is 2.94. The fraction of sp³-hybridized carbons (Fsp3) is 0.667. The standard InChI is InChI=1S/C12H19N3O/c1-9(16)7-13-12-10-5-3-2-4-6-11(10)14-8-15-12/h8-9,16H,2-7H2,1H3,(H,13,14,15). The van der Waals surface area contributed by atoms with Crippen LogP contribution in [0.5, 0.6) is 0 Å². The Morgan fingerprint density at radius 3 is 2.94 bits per heavy atom. The van der Waals surface area contributed by atoms with Crippen LogP contribution >= 0.6 is 0 Å². The first-order valence-electron chi connectivity index (χ1n) is 6.02. The first-order chi connectivity index (χ1) is 7.77. The number of aromatic nitrogens is 2. The van der Waals surface area contributed by atoms with Crippen molar-refractivity contribution in [3.8, 4) is 0 Å². The van der Waals surface area contributed by atoms with E-state index in [-0.39, 0.29) is 6.10 Å². The van der Waals surface area contributed by atoms with Gasteiger partial charge in [0.25, 0.3) is 0 Å². The lowest BCUT2D eigenvalue weighted by atomic mass is 10.1. The number of nitrogens with one attached hydrogen (secondary N) is 1. The van der Waals surface area contributed by atoms with Crippen LogP contribution in [0.1, 0.15) is 37.4 Å². The van der Waals surface area contributed by atoms with Gasteiger partial charge < -0.3 is 10.4 Å². The van der Waals surface area contributed by atoms with Crippen molar-refractivity contribution in [2.24, 2.45) is 0 Å². The third-order valence-corrected chi connectivity index (χ3v) is 2.94. The molecule has 0 bridgehead atoms. The number of aliphatic hydroxyl groups is 1. The van der Waals surface area contributed by atoms with Crippen LogP contribution in [0.2, 0.25) is 0 Å². The van der Waals surface area contributed by atoms with Crippen molar-refractivity contribution in [2.75, 3.05) is 11.9 Å². The Hall–Kier alpha value is -1.16. The quantitative estimate of drug-likeness (QED) is 0.760. The number of aryl methyl sites for hydroxylation is 1. The van der Waals surface area contributed by atoms with Crippen LogP contribution in [0, 0.1) is 0 Å². The van der Waals surface area contributed by atoms with Crippen molar-refractivity contribution < 1.29 is 5.11 Å². The Balaban J connectivity index is 2.17. The van der Waals surface area contributed by atoms with Crippen molar-refractivity contribution in [3.05, 3.63) is 17.6 Å². The average Bonchev–Trinajstić information content (AvgIpc) is 2.51. The van der Waals surface area contributed by atoms with Crippen molar-refractivity contribution in [1.82, 2.24) is 9.97 Å². The van der Waals surface area contributed by atoms with E-state index in [0.29, 0.717) is 6.54 Å². The highest BCUT2D eigenvalue weighted by Crippen LogP contribution is 2.23. The molecular formula is C12H19N3O. The molecule has 0 radical (unpaired) electrons. The van der Waals surface area contributed by atoms with Gasteiger partial charge in [-0.2, -0.15) is 0 Å². The Morgan fingerprint density at radius 2 is 2.12 bits per heavy atom. The molecule has 0 fully saturated rings. The smallest absolute Gasteiger partial charge is 0.132 e. The van der Waals surface area contributed by atoms with Gasteiger partial charge >= 0.3 is 0 Å². The molecule has 1 aliphatic carbocycles. The molecule has 1 aromatic heterocycles. The summed E-state index contributed by atoms with van der Waals surface area (Å²) in [7, 11) is 0. The first-order valence-corrected chi connectivity index (χ1v) is 6.02. The second-order valence-electron chi connectivity index (χ2n) is 4.44. The number of rotatable bonds is 3. The van der Waals surface area contributed by atoms with Gasteiger partial charge in [0.05, 0.1) is 6.10 Å². The molecule has 0 aromatic carbocycles. The maximum Gasteiger partial charge on any atom is 0.132 e. The minimum Gasteiger partial charge on any atom is -0.392 e. The number of hydrogen-bond acceptors (Lipinski definition) is 4. The lowest BCUT2D eigenvalue weighted by Crippen LogP contribution is -2.18. The average molecular weight is 221 g/mol. The van der Waals surface area contributed by atoms with Crippen LogP contribution in [0.15, 0.2) is 6.33 Å². The van der Waals surface area contributed by atoms with Gasteiger partial charge in [-0.15, -0.1) is 0 Å². The van der Waals surface area contributed by atoms with E-state index < -0.39 is 0 Å². The number of nitrogens with zero attached hydrogens (tertiary/aromatic N) is 2. The number of aliphatic hydroxyl groups excluding tert-OH is 1. The highest BCUT2D eigenvalue weighted by molar-refractivity contribution is 5.46. The van der Waals surface area contributed by atoms with E-state index >= 15 is 0 Å². The predicted octanol–water partition coefficient (Wildman–Crippen LogP) is 1.54. The molecule has 0 saturated carbocycles. The molecule has 88 valence electrons. The number of hydrogen-bond donors (Lipinski definition) is 2.